The number of rotatable bonds is 6. The van der Waals surface area contributed by atoms with Crippen molar-refractivity contribution in [1.82, 2.24) is 10.5 Å². The summed E-state index contributed by atoms with van der Waals surface area (Å²) in [6, 6.07) is 9.32. The Balaban J connectivity index is 1.86. The van der Waals surface area contributed by atoms with Crippen molar-refractivity contribution in [2.75, 3.05) is 0 Å². The summed E-state index contributed by atoms with van der Waals surface area (Å²) in [7, 11) is 0. The summed E-state index contributed by atoms with van der Waals surface area (Å²) < 4.78 is 5.05. The average molecular weight is 302 g/mol. The van der Waals surface area contributed by atoms with Gasteiger partial charge in [0.15, 0.2) is 0 Å². The number of aromatic nitrogens is 1. The highest BCUT2D eigenvalue weighted by Gasteiger charge is 2.17. The zero-order valence-electron chi connectivity index (χ0n) is 13.2. The van der Waals surface area contributed by atoms with Crippen LogP contribution in [-0.4, -0.2) is 22.2 Å². The SMILES string of the molecule is Cc1noc(C)c1CC(=O)NC(C)CC(O)c1ccccc1. The second kappa shape index (κ2) is 7.22. The highest BCUT2D eigenvalue weighted by atomic mass is 16.5. The first kappa shape index (κ1) is 16.2. The van der Waals surface area contributed by atoms with Crippen LogP contribution in [-0.2, 0) is 11.2 Å². The molecule has 0 aliphatic carbocycles. The Bertz CT molecular complexity index is 603. The number of aliphatic hydroxyl groups excluding tert-OH is 1. The number of aryl methyl sites for hydroxylation is 2. The largest absolute Gasteiger partial charge is 0.388 e. The summed E-state index contributed by atoms with van der Waals surface area (Å²) in [5, 5.41) is 16.9. The first-order chi connectivity index (χ1) is 10.5. The van der Waals surface area contributed by atoms with E-state index in [1.165, 1.54) is 0 Å². The lowest BCUT2D eigenvalue weighted by molar-refractivity contribution is -0.121. The molecule has 0 saturated heterocycles. The van der Waals surface area contributed by atoms with Gasteiger partial charge in [-0.15, -0.1) is 0 Å². The summed E-state index contributed by atoms with van der Waals surface area (Å²) in [6.07, 6.45) is 0.125. The Hall–Kier alpha value is -2.14. The molecule has 0 radical (unpaired) electrons. The van der Waals surface area contributed by atoms with Crippen molar-refractivity contribution in [1.29, 1.82) is 0 Å². The average Bonchev–Trinajstić information content (AvgIpc) is 2.79. The van der Waals surface area contributed by atoms with E-state index in [1.54, 1.807) is 6.92 Å². The molecule has 0 spiro atoms. The number of carbonyl (C=O) groups excluding carboxylic acids is 1. The smallest absolute Gasteiger partial charge is 0.224 e. The lowest BCUT2D eigenvalue weighted by atomic mass is 10.0. The maximum Gasteiger partial charge on any atom is 0.224 e. The maximum atomic E-state index is 12.1. The van der Waals surface area contributed by atoms with Gasteiger partial charge in [0.1, 0.15) is 5.76 Å². The Kier molecular flexibility index (Phi) is 5.33. The molecule has 0 aliphatic heterocycles. The molecule has 1 aromatic heterocycles. The fourth-order valence-corrected chi connectivity index (χ4v) is 2.45. The fraction of sp³-hybridized carbons (Fsp3) is 0.412. The van der Waals surface area contributed by atoms with E-state index in [0.717, 1.165) is 16.8 Å². The van der Waals surface area contributed by atoms with Crippen LogP contribution in [0.3, 0.4) is 0 Å². The molecule has 1 heterocycles. The Morgan fingerprint density at radius 3 is 2.59 bits per heavy atom. The van der Waals surface area contributed by atoms with Gasteiger partial charge in [0.2, 0.25) is 5.91 Å². The van der Waals surface area contributed by atoms with Crippen LogP contribution in [0.5, 0.6) is 0 Å². The zero-order valence-corrected chi connectivity index (χ0v) is 13.2. The van der Waals surface area contributed by atoms with E-state index in [1.807, 2.05) is 44.2 Å². The first-order valence-electron chi connectivity index (χ1n) is 7.41. The van der Waals surface area contributed by atoms with Gasteiger partial charge in [-0.2, -0.15) is 0 Å². The minimum Gasteiger partial charge on any atom is -0.388 e. The summed E-state index contributed by atoms with van der Waals surface area (Å²) in [6.45, 7) is 5.50. The van der Waals surface area contributed by atoms with Gasteiger partial charge in [-0.25, -0.2) is 0 Å². The number of nitrogens with zero attached hydrogens (tertiary/aromatic N) is 1. The molecule has 2 unspecified atom stereocenters. The van der Waals surface area contributed by atoms with E-state index in [9.17, 15) is 9.90 Å². The first-order valence-corrected chi connectivity index (χ1v) is 7.41. The van der Waals surface area contributed by atoms with Crippen LogP contribution in [0.15, 0.2) is 34.9 Å². The van der Waals surface area contributed by atoms with Gasteiger partial charge < -0.3 is 14.9 Å². The molecule has 5 heteroatoms. The molecule has 2 atom stereocenters. The van der Waals surface area contributed by atoms with Gasteiger partial charge in [0, 0.05) is 11.6 Å². The fourth-order valence-electron chi connectivity index (χ4n) is 2.45. The molecule has 0 saturated carbocycles. The molecule has 1 amide bonds. The molecule has 118 valence electrons. The van der Waals surface area contributed by atoms with Gasteiger partial charge in [-0.1, -0.05) is 35.5 Å². The lowest BCUT2D eigenvalue weighted by Gasteiger charge is -2.18. The molecule has 22 heavy (non-hydrogen) atoms. The van der Waals surface area contributed by atoms with Crippen molar-refractivity contribution in [3.8, 4) is 0 Å². The van der Waals surface area contributed by atoms with Crippen LogP contribution in [0.4, 0.5) is 0 Å². The third-order valence-electron chi connectivity index (χ3n) is 3.69. The Labute approximate surface area is 130 Å². The van der Waals surface area contributed by atoms with Gasteiger partial charge in [-0.05, 0) is 32.8 Å². The lowest BCUT2D eigenvalue weighted by Crippen LogP contribution is -2.35. The second-order valence-electron chi connectivity index (χ2n) is 5.61. The van der Waals surface area contributed by atoms with Crippen molar-refractivity contribution in [2.45, 2.75) is 45.8 Å². The maximum absolute atomic E-state index is 12.1. The summed E-state index contributed by atoms with van der Waals surface area (Å²) in [4.78, 5) is 12.1. The molecular weight excluding hydrogens is 280 g/mol. The van der Waals surface area contributed by atoms with Crippen molar-refractivity contribution in [3.63, 3.8) is 0 Å². The highest BCUT2D eigenvalue weighted by Crippen LogP contribution is 2.18. The monoisotopic (exact) mass is 302 g/mol. The van der Waals surface area contributed by atoms with Crippen molar-refractivity contribution >= 4 is 5.91 Å². The van der Waals surface area contributed by atoms with Crippen LogP contribution in [0.25, 0.3) is 0 Å². The molecule has 0 bridgehead atoms. The third-order valence-corrected chi connectivity index (χ3v) is 3.69. The van der Waals surface area contributed by atoms with Crippen molar-refractivity contribution < 1.29 is 14.4 Å². The van der Waals surface area contributed by atoms with Crippen molar-refractivity contribution in [2.24, 2.45) is 0 Å². The van der Waals surface area contributed by atoms with Gasteiger partial charge in [0.05, 0.1) is 18.2 Å². The second-order valence-corrected chi connectivity index (χ2v) is 5.61. The van der Waals surface area contributed by atoms with E-state index in [0.29, 0.717) is 12.2 Å². The van der Waals surface area contributed by atoms with E-state index in [-0.39, 0.29) is 18.4 Å². The number of nitrogens with one attached hydrogen (secondary N) is 1. The standard InChI is InChI=1S/C17H22N2O3/c1-11(9-16(20)14-7-5-4-6-8-14)18-17(21)10-15-12(2)19-22-13(15)3/h4-8,11,16,20H,9-10H2,1-3H3,(H,18,21). The Morgan fingerprint density at radius 1 is 1.32 bits per heavy atom. The van der Waals surface area contributed by atoms with Gasteiger partial charge in [0.25, 0.3) is 0 Å². The van der Waals surface area contributed by atoms with E-state index < -0.39 is 6.10 Å². The molecule has 0 fully saturated rings. The summed E-state index contributed by atoms with van der Waals surface area (Å²) in [5.41, 5.74) is 2.42. The predicted octanol–water partition coefficient (Wildman–Crippen LogP) is 2.46. The summed E-state index contributed by atoms with van der Waals surface area (Å²) in [5.74, 6) is 0.576. The topological polar surface area (TPSA) is 75.4 Å². The highest BCUT2D eigenvalue weighted by molar-refractivity contribution is 5.79. The summed E-state index contributed by atoms with van der Waals surface area (Å²) >= 11 is 0. The normalized spacial score (nSPS) is 13.6. The minimum absolute atomic E-state index is 0.0952. The molecule has 2 rings (SSSR count). The Morgan fingerprint density at radius 2 is 2.00 bits per heavy atom. The van der Waals surface area contributed by atoms with E-state index in [2.05, 4.69) is 10.5 Å². The minimum atomic E-state index is -0.587. The number of carbonyl (C=O) groups is 1. The number of aliphatic hydroxyl groups is 1. The van der Waals surface area contributed by atoms with Crippen LogP contribution in [0.2, 0.25) is 0 Å². The third kappa shape index (κ3) is 4.18. The number of benzene rings is 1. The predicted molar refractivity (Wildman–Crippen MR) is 83.3 cm³/mol. The molecule has 1 aromatic carbocycles. The van der Waals surface area contributed by atoms with Crippen LogP contribution in [0, 0.1) is 13.8 Å². The zero-order chi connectivity index (χ0) is 16.1. The van der Waals surface area contributed by atoms with Gasteiger partial charge in [-0.3, -0.25) is 4.79 Å². The molecule has 2 aromatic rings. The molecule has 2 N–H and O–H groups in total. The van der Waals surface area contributed by atoms with Crippen LogP contribution in [0.1, 0.15) is 42.0 Å². The molecule has 5 nitrogen and oxygen atoms in total. The van der Waals surface area contributed by atoms with Crippen molar-refractivity contribution in [3.05, 3.63) is 52.9 Å². The van der Waals surface area contributed by atoms with E-state index in [4.69, 9.17) is 4.52 Å². The van der Waals surface area contributed by atoms with Crippen LogP contribution >= 0.6 is 0 Å². The number of hydrogen-bond acceptors (Lipinski definition) is 4. The number of amides is 1. The van der Waals surface area contributed by atoms with Gasteiger partial charge >= 0.3 is 0 Å². The van der Waals surface area contributed by atoms with Crippen LogP contribution < -0.4 is 5.32 Å². The molecule has 0 aliphatic rings. The van der Waals surface area contributed by atoms with E-state index >= 15 is 0 Å². The quantitative estimate of drug-likeness (QED) is 0.859. The molecular formula is C17H22N2O3. The number of hydrogen-bond donors (Lipinski definition) is 2.